The van der Waals surface area contributed by atoms with E-state index >= 15 is 0 Å². The van der Waals surface area contributed by atoms with Gasteiger partial charge in [-0.25, -0.2) is 0 Å². The van der Waals surface area contributed by atoms with E-state index in [1.54, 1.807) is 42.5 Å². The van der Waals surface area contributed by atoms with Crippen LogP contribution in [0.5, 0.6) is 5.75 Å². The Labute approximate surface area is 178 Å². The monoisotopic (exact) mass is 421 g/mol. The smallest absolute Gasteiger partial charge is 0.293 e. The fraction of sp³-hybridized carbons (Fsp3) is 0.182. The molecule has 7 nitrogen and oxygen atoms in total. The Bertz CT molecular complexity index is 1020. The molecule has 0 radical (unpaired) electrons. The maximum Gasteiger partial charge on any atom is 0.293 e. The van der Waals surface area contributed by atoms with Gasteiger partial charge in [0.15, 0.2) is 0 Å². The Balaban J connectivity index is 1.56. The summed E-state index contributed by atoms with van der Waals surface area (Å²) in [6.45, 7) is 2.68. The third-order valence-electron chi connectivity index (χ3n) is 4.26. The van der Waals surface area contributed by atoms with Crippen LogP contribution in [0.1, 0.15) is 28.4 Å². The van der Waals surface area contributed by atoms with Gasteiger partial charge in [0.05, 0.1) is 23.1 Å². The van der Waals surface area contributed by atoms with E-state index in [2.05, 4.69) is 5.32 Å². The maximum absolute atomic E-state index is 12.6. The number of nitrogens with zero attached hydrogens (tertiary/aromatic N) is 2. The summed E-state index contributed by atoms with van der Waals surface area (Å²) in [4.78, 5) is 38.4. The average molecular weight is 421 g/mol. The Morgan fingerprint density at radius 2 is 1.87 bits per heavy atom. The second-order valence-electron chi connectivity index (χ2n) is 6.28. The first-order valence-corrected chi connectivity index (χ1v) is 10.1. The molecule has 1 heterocycles. The van der Waals surface area contributed by atoms with Gasteiger partial charge in [-0.2, -0.15) is 5.26 Å². The molecule has 0 aromatic heterocycles. The lowest BCUT2D eigenvalue weighted by Crippen LogP contribution is -2.37. The Kier molecular flexibility index (Phi) is 6.88. The predicted molar refractivity (Wildman–Crippen MR) is 114 cm³/mol. The van der Waals surface area contributed by atoms with E-state index < -0.39 is 0 Å². The van der Waals surface area contributed by atoms with Gasteiger partial charge in [-0.05, 0) is 66.7 Å². The second kappa shape index (κ2) is 9.76. The van der Waals surface area contributed by atoms with Crippen molar-refractivity contribution in [1.82, 2.24) is 10.2 Å². The van der Waals surface area contributed by atoms with Crippen molar-refractivity contribution in [3.8, 4) is 11.8 Å². The molecule has 0 aliphatic carbocycles. The third-order valence-corrected chi connectivity index (χ3v) is 5.17. The lowest BCUT2D eigenvalue weighted by atomic mass is 10.1. The van der Waals surface area contributed by atoms with Crippen LogP contribution in [0.4, 0.5) is 4.79 Å². The number of benzene rings is 2. The normalized spacial score (nSPS) is 14.7. The van der Waals surface area contributed by atoms with E-state index in [0.29, 0.717) is 22.6 Å². The fourth-order valence-corrected chi connectivity index (χ4v) is 3.62. The third kappa shape index (κ3) is 5.07. The molecule has 1 aliphatic rings. The van der Waals surface area contributed by atoms with Crippen molar-refractivity contribution in [3.63, 3.8) is 0 Å². The van der Waals surface area contributed by atoms with Gasteiger partial charge in [0.25, 0.3) is 17.1 Å². The summed E-state index contributed by atoms with van der Waals surface area (Å²) in [5, 5.41) is 11.1. The first-order chi connectivity index (χ1) is 14.5. The molecule has 3 rings (SSSR count). The van der Waals surface area contributed by atoms with Crippen molar-refractivity contribution >= 4 is 34.9 Å². The Morgan fingerprint density at radius 3 is 2.50 bits per heavy atom. The van der Waals surface area contributed by atoms with E-state index in [1.165, 1.54) is 0 Å². The maximum atomic E-state index is 12.6. The van der Waals surface area contributed by atoms with Gasteiger partial charge < -0.3 is 10.1 Å². The van der Waals surface area contributed by atoms with Gasteiger partial charge >= 0.3 is 0 Å². The Hall–Kier alpha value is -3.57. The highest BCUT2D eigenvalue weighted by Gasteiger charge is 2.34. The number of carbonyl (C=O) groups is 3. The summed E-state index contributed by atoms with van der Waals surface area (Å²) in [7, 11) is 0. The summed E-state index contributed by atoms with van der Waals surface area (Å²) >= 11 is 0.874. The SMILES string of the molecule is CCOc1ccc(/C=C2/SC(=O)N(CCNC(=O)c3ccc(C#N)cc3)C2=O)cc1. The molecular formula is C22H19N3O4S. The van der Waals surface area contributed by atoms with E-state index in [-0.39, 0.29) is 30.1 Å². The molecule has 0 spiro atoms. The highest BCUT2D eigenvalue weighted by atomic mass is 32.2. The van der Waals surface area contributed by atoms with Gasteiger partial charge in [0.1, 0.15) is 5.75 Å². The quantitative estimate of drug-likeness (QED) is 0.688. The number of thioether (sulfide) groups is 1. The van der Waals surface area contributed by atoms with Gasteiger partial charge in [-0.15, -0.1) is 0 Å². The van der Waals surface area contributed by atoms with Crippen LogP contribution in [0.25, 0.3) is 6.08 Å². The molecule has 1 saturated heterocycles. The first-order valence-electron chi connectivity index (χ1n) is 9.28. The molecule has 2 aromatic rings. The summed E-state index contributed by atoms with van der Waals surface area (Å²) in [5.74, 6) is 0.0173. The zero-order valence-electron chi connectivity index (χ0n) is 16.3. The van der Waals surface area contributed by atoms with E-state index in [1.807, 2.05) is 25.1 Å². The molecule has 1 N–H and O–H groups in total. The van der Waals surface area contributed by atoms with Crippen LogP contribution >= 0.6 is 11.8 Å². The predicted octanol–water partition coefficient (Wildman–Crippen LogP) is 3.42. The van der Waals surface area contributed by atoms with Crippen LogP contribution in [-0.4, -0.2) is 41.6 Å². The van der Waals surface area contributed by atoms with Gasteiger partial charge in [0, 0.05) is 18.7 Å². The Morgan fingerprint density at radius 1 is 1.17 bits per heavy atom. The number of rotatable bonds is 7. The molecule has 0 bridgehead atoms. The number of hydrogen-bond donors (Lipinski definition) is 1. The highest BCUT2D eigenvalue weighted by molar-refractivity contribution is 8.18. The van der Waals surface area contributed by atoms with Crippen molar-refractivity contribution in [2.75, 3.05) is 19.7 Å². The number of nitrogens with one attached hydrogen (secondary N) is 1. The van der Waals surface area contributed by atoms with E-state index in [4.69, 9.17) is 10.00 Å². The van der Waals surface area contributed by atoms with Crippen LogP contribution in [-0.2, 0) is 4.79 Å². The van der Waals surface area contributed by atoms with Gasteiger partial charge in [0.2, 0.25) is 0 Å². The van der Waals surface area contributed by atoms with Crippen molar-refractivity contribution in [2.24, 2.45) is 0 Å². The highest BCUT2D eigenvalue weighted by Crippen LogP contribution is 2.32. The number of carbonyl (C=O) groups excluding carboxylic acids is 3. The van der Waals surface area contributed by atoms with Gasteiger partial charge in [-0.3, -0.25) is 19.3 Å². The van der Waals surface area contributed by atoms with Crippen molar-refractivity contribution < 1.29 is 19.1 Å². The number of ether oxygens (including phenoxy) is 1. The van der Waals surface area contributed by atoms with E-state index in [9.17, 15) is 14.4 Å². The molecule has 8 heteroatoms. The minimum Gasteiger partial charge on any atom is -0.494 e. The molecular weight excluding hydrogens is 402 g/mol. The molecule has 0 saturated carbocycles. The zero-order chi connectivity index (χ0) is 21.5. The largest absolute Gasteiger partial charge is 0.494 e. The van der Waals surface area contributed by atoms with E-state index in [0.717, 1.165) is 28.0 Å². The number of nitriles is 1. The average Bonchev–Trinajstić information content (AvgIpc) is 3.02. The number of amides is 3. The molecule has 0 unspecified atom stereocenters. The molecule has 3 amide bonds. The van der Waals surface area contributed by atoms with Crippen LogP contribution in [0.3, 0.4) is 0 Å². The number of hydrogen-bond acceptors (Lipinski definition) is 6. The van der Waals surface area contributed by atoms with Crippen LogP contribution in [0.2, 0.25) is 0 Å². The fourth-order valence-electron chi connectivity index (χ4n) is 2.75. The zero-order valence-corrected chi connectivity index (χ0v) is 17.1. The van der Waals surface area contributed by atoms with Crippen LogP contribution in [0.15, 0.2) is 53.4 Å². The molecule has 152 valence electrons. The minimum atomic E-state index is -0.383. The molecule has 2 aromatic carbocycles. The molecule has 1 fully saturated rings. The molecule has 30 heavy (non-hydrogen) atoms. The second-order valence-corrected chi connectivity index (χ2v) is 7.27. The molecule has 0 atom stereocenters. The lowest BCUT2D eigenvalue weighted by Gasteiger charge is -2.13. The summed E-state index contributed by atoms with van der Waals surface area (Å²) in [5.41, 5.74) is 1.65. The van der Waals surface area contributed by atoms with Crippen LogP contribution < -0.4 is 10.1 Å². The molecule has 1 aliphatic heterocycles. The first kappa shape index (κ1) is 21.1. The lowest BCUT2D eigenvalue weighted by molar-refractivity contribution is -0.122. The number of imide groups is 1. The topological polar surface area (TPSA) is 99.5 Å². The van der Waals surface area contributed by atoms with Crippen molar-refractivity contribution in [2.45, 2.75) is 6.92 Å². The van der Waals surface area contributed by atoms with Crippen LogP contribution in [0, 0.1) is 11.3 Å². The van der Waals surface area contributed by atoms with Crippen molar-refractivity contribution in [1.29, 1.82) is 5.26 Å². The summed E-state index contributed by atoms with van der Waals surface area (Å²) < 4.78 is 5.39. The standard InChI is InChI=1S/C22H19N3O4S/c1-2-29-18-9-5-15(6-10-18)13-19-21(27)25(22(28)30-19)12-11-24-20(26)17-7-3-16(14-23)4-8-17/h3-10,13H,2,11-12H2,1H3,(H,24,26)/b19-13+. The summed E-state index contributed by atoms with van der Waals surface area (Å²) in [6.07, 6.45) is 1.66. The minimum absolute atomic E-state index is 0.0767. The summed E-state index contributed by atoms with van der Waals surface area (Å²) in [6, 6.07) is 15.4. The van der Waals surface area contributed by atoms with Crippen molar-refractivity contribution in [3.05, 3.63) is 70.1 Å². The van der Waals surface area contributed by atoms with Gasteiger partial charge in [-0.1, -0.05) is 12.1 Å².